The van der Waals surface area contributed by atoms with Crippen molar-refractivity contribution < 1.29 is 13.6 Å². The molecule has 2 aromatic heterocycles. The number of thioether (sulfide) groups is 1. The van der Waals surface area contributed by atoms with Crippen LogP contribution in [0, 0.1) is 6.92 Å². The largest absolute Gasteiger partial charge is 0.467 e. The molecular weight excluding hydrogens is 360 g/mol. The zero-order chi connectivity index (χ0) is 18.6. The third-order valence-electron chi connectivity index (χ3n) is 4.11. The molecule has 27 heavy (non-hydrogen) atoms. The Morgan fingerprint density at radius 2 is 2.00 bits per heavy atom. The highest BCUT2D eigenvalue weighted by Gasteiger charge is 2.09. The van der Waals surface area contributed by atoms with Gasteiger partial charge in [-0.1, -0.05) is 30.0 Å². The molecule has 4 aromatic rings. The number of hydrogen-bond donors (Lipinski definition) is 1. The van der Waals surface area contributed by atoms with E-state index in [1.807, 2.05) is 55.5 Å². The van der Waals surface area contributed by atoms with Gasteiger partial charge in [0, 0.05) is 11.3 Å². The summed E-state index contributed by atoms with van der Waals surface area (Å²) in [6.07, 6.45) is 1.59. The lowest BCUT2D eigenvalue weighted by molar-refractivity contribution is 0.0948. The van der Waals surface area contributed by atoms with E-state index < -0.39 is 0 Å². The summed E-state index contributed by atoms with van der Waals surface area (Å²) in [7, 11) is 0. The van der Waals surface area contributed by atoms with Crippen molar-refractivity contribution in [1.29, 1.82) is 0 Å². The number of furan rings is 1. The van der Waals surface area contributed by atoms with E-state index in [0.717, 1.165) is 33.7 Å². The molecule has 0 radical (unpaired) electrons. The van der Waals surface area contributed by atoms with Crippen molar-refractivity contribution in [3.63, 3.8) is 0 Å². The fraction of sp³-hybridized carbons (Fsp3) is 0.143. The van der Waals surface area contributed by atoms with Crippen molar-refractivity contribution in [3.05, 3.63) is 83.3 Å². The lowest BCUT2D eigenvalue weighted by atomic mass is 10.1. The molecule has 2 heterocycles. The van der Waals surface area contributed by atoms with Gasteiger partial charge in [0.15, 0.2) is 5.58 Å². The van der Waals surface area contributed by atoms with Gasteiger partial charge in [-0.05, 0) is 54.4 Å². The van der Waals surface area contributed by atoms with E-state index >= 15 is 0 Å². The molecule has 0 unspecified atom stereocenters. The minimum absolute atomic E-state index is 0.125. The number of nitrogens with one attached hydrogen (secondary N) is 1. The van der Waals surface area contributed by atoms with E-state index in [1.54, 1.807) is 12.3 Å². The van der Waals surface area contributed by atoms with Gasteiger partial charge in [-0.3, -0.25) is 4.79 Å². The van der Waals surface area contributed by atoms with E-state index in [9.17, 15) is 4.79 Å². The van der Waals surface area contributed by atoms with Crippen molar-refractivity contribution in [2.45, 2.75) is 24.4 Å². The lowest BCUT2D eigenvalue weighted by Gasteiger charge is -2.04. The topological polar surface area (TPSA) is 68.3 Å². The number of hydrogen-bond acceptors (Lipinski definition) is 5. The highest BCUT2D eigenvalue weighted by Crippen LogP contribution is 2.26. The highest BCUT2D eigenvalue weighted by atomic mass is 32.2. The van der Waals surface area contributed by atoms with Crippen molar-refractivity contribution >= 4 is 28.8 Å². The van der Waals surface area contributed by atoms with Crippen LogP contribution in [0.4, 0.5) is 0 Å². The normalized spacial score (nSPS) is 11.0. The molecule has 1 amide bonds. The van der Waals surface area contributed by atoms with Crippen LogP contribution in [0.5, 0.6) is 0 Å². The first-order valence-corrected chi connectivity index (χ1v) is 9.55. The van der Waals surface area contributed by atoms with Crippen LogP contribution >= 0.6 is 11.8 Å². The Kier molecular flexibility index (Phi) is 4.98. The Hall–Kier alpha value is -2.99. The number of carbonyl (C=O) groups excluding carboxylic acids is 1. The first kappa shape index (κ1) is 17.4. The summed E-state index contributed by atoms with van der Waals surface area (Å²) in [6, 6.07) is 17.1. The smallest absolute Gasteiger partial charge is 0.257 e. The van der Waals surface area contributed by atoms with Crippen molar-refractivity contribution in [2.24, 2.45) is 0 Å². The van der Waals surface area contributed by atoms with E-state index in [4.69, 9.17) is 8.83 Å². The van der Waals surface area contributed by atoms with E-state index in [2.05, 4.69) is 10.3 Å². The number of amides is 1. The fourth-order valence-corrected chi connectivity index (χ4v) is 3.45. The molecule has 0 saturated carbocycles. The van der Waals surface area contributed by atoms with E-state index in [0.29, 0.717) is 17.3 Å². The second-order valence-corrected chi connectivity index (χ2v) is 7.13. The van der Waals surface area contributed by atoms with Gasteiger partial charge in [0.25, 0.3) is 11.1 Å². The Labute approximate surface area is 160 Å². The Bertz CT molecular complexity index is 1050. The molecule has 0 spiro atoms. The van der Waals surface area contributed by atoms with Crippen LogP contribution < -0.4 is 5.32 Å². The maximum Gasteiger partial charge on any atom is 0.257 e. The van der Waals surface area contributed by atoms with E-state index in [1.165, 1.54) is 11.8 Å². The van der Waals surface area contributed by atoms with Crippen LogP contribution in [0.15, 0.2) is 74.9 Å². The molecule has 0 fully saturated rings. The number of benzene rings is 2. The predicted molar refractivity (Wildman–Crippen MR) is 105 cm³/mol. The summed E-state index contributed by atoms with van der Waals surface area (Å²) in [6.45, 7) is 2.41. The third kappa shape index (κ3) is 4.23. The molecule has 0 atom stereocenters. The lowest BCUT2D eigenvalue weighted by Crippen LogP contribution is -2.22. The number of oxazole rings is 1. The molecule has 136 valence electrons. The summed E-state index contributed by atoms with van der Waals surface area (Å²) in [5.74, 6) is 1.32. The van der Waals surface area contributed by atoms with E-state index in [-0.39, 0.29) is 5.91 Å². The summed E-state index contributed by atoms with van der Waals surface area (Å²) in [4.78, 5) is 16.7. The van der Waals surface area contributed by atoms with Gasteiger partial charge in [0.1, 0.15) is 11.3 Å². The molecule has 4 rings (SSSR count). The van der Waals surface area contributed by atoms with Crippen LogP contribution in [0.3, 0.4) is 0 Å². The Morgan fingerprint density at radius 3 is 2.78 bits per heavy atom. The van der Waals surface area contributed by atoms with Gasteiger partial charge in [0.2, 0.25) is 0 Å². The van der Waals surface area contributed by atoms with Crippen molar-refractivity contribution in [1.82, 2.24) is 10.3 Å². The molecule has 0 aliphatic rings. The van der Waals surface area contributed by atoms with Gasteiger partial charge >= 0.3 is 0 Å². The molecule has 0 aliphatic carbocycles. The number of nitrogens with zero attached hydrogens (tertiary/aromatic N) is 1. The third-order valence-corrected chi connectivity index (χ3v) is 5.00. The maximum absolute atomic E-state index is 12.2. The van der Waals surface area contributed by atoms with Crippen LogP contribution in [0.25, 0.3) is 11.1 Å². The first-order chi connectivity index (χ1) is 13.2. The van der Waals surface area contributed by atoms with Crippen LogP contribution in [-0.4, -0.2) is 10.9 Å². The average Bonchev–Trinajstić information content (AvgIpc) is 3.34. The number of aryl methyl sites for hydroxylation is 1. The summed E-state index contributed by atoms with van der Waals surface area (Å²) >= 11 is 1.54. The highest BCUT2D eigenvalue weighted by molar-refractivity contribution is 7.98. The SMILES string of the molecule is Cc1ccc2oc(SCc3ccc(C(=O)NCc4ccco4)cc3)nc2c1. The zero-order valence-electron chi connectivity index (χ0n) is 14.8. The summed E-state index contributed by atoms with van der Waals surface area (Å²) < 4.78 is 11.0. The van der Waals surface area contributed by atoms with Gasteiger partial charge in [-0.25, -0.2) is 4.98 Å². The molecule has 0 bridgehead atoms. The van der Waals surface area contributed by atoms with Crippen LogP contribution in [0.2, 0.25) is 0 Å². The van der Waals surface area contributed by atoms with Gasteiger partial charge in [-0.2, -0.15) is 0 Å². The van der Waals surface area contributed by atoms with Crippen molar-refractivity contribution in [3.8, 4) is 0 Å². The molecule has 6 heteroatoms. The minimum atomic E-state index is -0.125. The Balaban J connectivity index is 1.34. The molecule has 1 N–H and O–H groups in total. The quantitative estimate of drug-likeness (QED) is 0.481. The monoisotopic (exact) mass is 378 g/mol. The number of fused-ring (bicyclic) bond motifs is 1. The number of rotatable bonds is 6. The zero-order valence-corrected chi connectivity index (χ0v) is 15.6. The fourth-order valence-electron chi connectivity index (χ4n) is 2.66. The molecule has 5 nitrogen and oxygen atoms in total. The molecular formula is C21H18N2O3S. The average molecular weight is 378 g/mol. The maximum atomic E-state index is 12.2. The second kappa shape index (κ2) is 7.72. The summed E-state index contributed by atoms with van der Waals surface area (Å²) in [5.41, 5.74) is 4.55. The second-order valence-electron chi connectivity index (χ2n) is 6.20. The number of carbonyl (C=O) groups is 1. The van der Waals surface area contributed by atoms with Gasteiger partial charge < -0.3 is 14.2 Å². The summed E-state index contributed by atoms with van der Waals surface area (Å²) in [5, 5.41) is 3.48. The molecule has 0 saturated heterocycles. The van der Waals surface area contributed by atoms with Gasteiger partial charge in [-0.15, -0.1) is 0 Å². The van der Waals surface area contributed by atoms with Gasteiger partial charge in [0.05, 0.1) is 12.8 Å². The van der Waals surface area contributed by atoms with Crippen LogP contribution in [-0.2, 0) is 12.3 Å². The van der Waals surface area contributed by atoms with Crippen molar-refractivity contribution in [2.75, 3.05) is 0 Å². The Morgan fingerprint density at radius 1 is 1.15 bits per heavy atom. The number of aromatic nitrogens is 1. The standard InChI is InChI=1S/C21H18N2O3S/c1-14-4-9-19-18(11-14)23-21(26-19)27-13-15-5-7-16(8-6-15)20(24)22-12-17-3-2-10-25-17/h2-11H,12-13H2,1H3,(H,22,24). The predicted octanol–water partition coefficient (Wildman–Crippen LogP) is 4.95. The first-order valence-electron chi connectivity index (χ1n) is 8.57. The minimum Gasteiger partial charge on any atom is -0.467 e. The molecule has 2 aromatic carbocycles. The van der Waals surface area contributed by atoms with Crippen LogP contribution in [0.1, 0.15) is 27.2 Å². The molecule has 0 aliphatic heterocycles.